The molecule has 0 atom stereocenters. The predicted molar refractivity (Wildman–Crippen MR) is 64.5 cm³/mol. The molecule has 0 bridgehead atoms. The molecule has 0 aliphatic heterocycles. The van der Waals surface area contributed by atoms with Crippen molar-refractivity contribution in [2.75, 3.05) is 0 Å². The van der Waals surface area contributed by atoms with Crippen LogP contribution >= 0.6 is 0 Å². The molecule has 2 aromatic rings. The lowest BCUT2D eigenvalue weighted by Gasteiger charge is -2.06. The van der Waals surface area contributed by atoms with E-state index in [1.54, 1.807) is 12.1 Å². The monoisotopic (exact) mass is 271 g/mol. The van der Waals surface area contributed by atoms with E-state index in [0.29, 0.717) is 0 Å². The van der Waals surface area contributed by atoms with E-state index in [1.807, 2.05) is 0 Å². The van der Waals surface area contributed by atoms with Crippen molar-refractivity contribution in [3.63, 3.8) is 0 Å². The SMILES string of the molecule is O.O=Nc1cc(S(=O)(=O)O)c2ccccc2c1O. The van der Waals surface area contributed by atoms with Crippen molar-refractivity contribution >= 4 is 26.6 Å². The normalized spacial score (nSPS) is 10.9. The van der Waals surface area contributed by atoms with Gasteiger partial charge in [-0.2, -0.15) is 8.42 Å². The summed E-state index contributed by atoms with van der Waals surface area (Å²) in [6.45, 7) is 0. The van der Waals surface area contributed by atoms with Gasteiger partial charge in [-0.15, -0.1) is 4.91 Å². The number of nitrogens with zero attached hydrogens (tertiary/aromatic N) is 1. The smallest absolute Gasteiger partial charge is 0.295 e. The first-order chi connectivity index (χ1) is 7.95. The molecule has 0 aliphatic rings. The van der Waals surface area contributed by atoms with Gasteiger partial charge >= 0.3 is 0 Å². The highest BCUT2D eigenvalue weighted by Crippen LogP contribution is 2.38. The number of nitroso groups, excluding NO2 is 1. The zero-order chi connectivity index (χ0) is 12.6. The summed E-state index contributed by atoms with van der Waals surface area (Å²) in [5.74, 6) is -0.414. The van der Waals surface area contributed by atoms with Gasteiger partial charge in [0.1, 0.15) is 4.90 Å². The minimum Gasteiger partial charge on any atom is -0.505 e. The lowest BCUT2D eigenvalue weighted by Crippen LogP contribution is -1.99. The molecular formula is C10H9NO6S. The fourth-order valence-electron chi connectivity index (χ4n) is 1.60. The van der Waals surface area contributed by atoms with Crippen molar-refractivity contribution in [3.05, 3.63) is 35.2 Å². The summed E-state index contributed by atoms with van der Waals surface area (Å²) in [5.41, 5.74) is -0.434. The number of benzene rings is 2. The van der Waals surface area contributed by atoms with Gasteiger partial charge in [-0.3, -0.25) is 4.55 Å². The van der Waals surface area contributed by atoms with E-state index >= 15 is 0 Å². The second-order valence-electron chi connectivity index (χ2n) is 3.35. The summed E-state index contributed by atoms with van der Waals surface area (Å²) >= 11 is 0. The van der Waals surface area contributed by atoms with Crippen LogP contribution in [-0.4, -0.2) is 23.6 Å². The number of rotatable bonds is 2. The Kier molecular flexibility index (Phi) is 3.65. The van der Waals surface area contributed by atoms with Crippen molar-refractivity contribution in [3.8, 4) is 5.75 Å². The lowest BCUT2D eigenvalue weighted by molar-refractivity contribution is 0.480. The number of aromatic hydroxyl groups is 1. The van der Waals surface area contributed by atoms with Crippen LogP contribution < -0.4 is 0 Å². The average molecular weight is 271 g/mol. The third kappa shape index (κ3) is 2.16. The molecule has 0 spiro atoms. The maximum Gasteiger partial charge on any atom is 0.295 e. The summed E-state index contributed by atoms with van der Waals surface area (Å²) in [4.78, 5) is 10.0. The third-order valence-electron chi connectivity index (χ3n) is 2.33. The van der Waals surface area contributed by atoms with E-state index in [9.17, 15) is 18.4 Å². The Bertz CT molecular complexity index is 710. The van der Waals surface area contributed by atoms with Gasteiger partial charge in [0, 0.05) is 10.8 Å². The van der Waals surface area contributed by atoms with Crippen LogP contribution in [-0.2, 0) is 10.1 Å². The molecular weight excluding hydrogens is 262 g/mol. The highest BCUT2D eigenvalue weighted by Gasteiger charge is 2.19. The van der Waals surface area contributed by atoms with Crippen LogP contribution in [0, 0.1) is 4.91 Å². The van der Waals surface area contributed by atoms with E-state index in [1.165, 1.54) is 12.1 Å². The van der Waals surface area contributed by atoms with Gasteiger partial charge in [0.15, 0.2) is 11.4 Å². The number of phenolic OH excluding ortho intramolecular Hbond substituents is 1. The first-order valence-corrected chi connectivity index (χ1v) is 5.94. The Hall–Kier alpha value is -2.03. The molecule has 7 nitrogen and oxygen atoms in total. The summed E-state index contributed by atoms with van der Waals surface area (Å²) in [7, 11) is -4.49. The van der Waals surface area contributed by atoms with Gasteiger partial charge < -0.3 is 10.6 Å². The molecule has 4 N–H and O–H groups in total. The van der Waals surface area contributed by atoms with E-state index in [-0.39, 0.29) is 16.2 Å². The maximum absolute atomic E-state index is 11.2. The van der Waals surface area contributed by atoms with Crippen LogP contribution in [0.3, 0.4) is 0 Å². The summed E-state index contributed by atoms with van der Waals surface area (Å²) in [5, 5.41) is 12.4. The molecule has 8 heteroatoms. The molecule has 0 unspecified atom stereocenters. The fraction of sp³-hybridized carbons (Fsp3) is 0. The van der Waals surface area contributed by atoms with Gasteiger partial charge in [0.05, 0.1) is 0 Å². The molecule has 0 fully saturated rings. The molecule has 0 radical (unpaired) electrons. The quantitative estimate of drug-likeness (QED) is 0.627. The molecule has 0 amide bonds. The van der Waals surface area contributed by atoms with E-state index in [2.05, 4.69) is 5.18 Å². The van der Waals surface area contributed by atoms with Crippen molar-refractivity contribution in [2.45, 2.75) is 4.90 Å². The lowest BCUT2D eigenvalue weighted by atomic mass is 10.1. The van der Waals surface area contributed by atoms with Crippen molar-refractivity contribution in [1.29, 1.82) is 0 Å². The van der Waals surface area contributed by atoms with Gasteiger partial charge in [0.2, 0.25) is 0 Å². The zero-order valence-electron chi connectivity index (χ0n) is 8.86. The van der Waals surface area contributed by atoms with Crippen LogP contribution in [0.5, 0.6) is 5.75 Å². The largest absolute Gasteiger partial charge is 0.505 e. The first-order valence-electron chi connectivity index (χ1n) is 4.50. The van der Waals surface area contributed by atoms with Gasteiger partial charge in [-0.1, -0.05) is 24.3 Å². The predicted octanol–water partition coefficient (Wildman–Crippen LogP) is 1.37. The van der Waals surface area contributed by atoms with Crippen LogP contribution in [0.25, 0.3) is 10.8 Å². The van der Waals surface area contributed by atoms with Crippen molar-refractivity contribution < 1.29 is 23.6 Å². The van der Waals surface area contributed by atoms with Crippen LogP contribution in [0.15, 0.2) is 40.4 Å². The molecule has 0 heterocycles. The number of fused-ring (bicyclic) bond motifs is 1. The highest BCUT2D eigenvalue weighted by molar-refractivity contribution is 7.86. The minimum absolute atomic E-state index is 0. The molecule has 2 rings (SSSR count). The molecule has 0 saturated heterocycles. The maximum atomic E-state index is 11.2. The number of phenols is 1. The Morgan fingerprint density at radius 2 is 1.67 bits per heavy atom. The molecule has 2 aromatic carbocycles. The Morgan fingerprint density at radius 3 is 2.17 bits per heavy atom. The van der Waals surface area contributed by atoms with Crippen molar-refractivity contribution in [2.24, 2.45) is 5.18 Å². The zero-order valence-corrected chi connectivity index (χ0v) is 9.68. The number of hydrogen-bond donors (Lipinski definition) is 2. The summed E-state index contributed by atoms with van der Waals surface area (Å²) < 4.78 is 31.4. The van der Waals surface area contributed by atoms with Gasteiger partial charge in [0.25, 0.3) is 10.1 Å². The van der Waals surface area contributed by atoms with E-state index < -0.39 is 26.5 Å². The fourth-order valence-corrected chi connectivity index (χ4v) is 2.31. The summed E-state index contributed by atoms with van der Waals surface area (Å²) in [6.07, 6.45) is 0. The average Bonchev–Trinajstić information content (AvgIpc) is 2.28. The van der Waals surface area contributed by atoms with E-state index in [4.69, 9.17) is 4.55 Å². The highest BCUT2D eigenvalue weighted by atomic mass is 32.2. The summed E-state index contributed by atoms with van der Waals surface area (Å²) in [6, 6.07) is 6.77. The molecule has 0 aromatic heterocycles. The van der Waals surface area contributed by atoms with Crippen molar-refractivity contribution in [1.82, 2.24) is 0 Å². The standard InChI is InChI=1S/C10H7NO5S.H2O/c12-10-7-4-2-1-3-6(7)9(17(14,15)16)5-8(10)11-13;/h1-5,12H,(H,14,15,16);1H2. The Balaban J connectivity index is 0.00000162. The van der Waals surface area contributed by atoms with Gasteiger partial charge in [-0.05, 0) is 11.2 Å². The minimum atomic E-state index is -4.49. The number of hydrogen-bond acceptors (Lipinski definition) is 5. The molecule has 0 aliphatic carbocycles. The van der Waals surface area contributed by atoms with E-state index in [0.717, 1.165) is 6.07 Å². The molecule has 18 heavy (non-hydrogen) atoms. The Labute approximate surface area is 102 Å². The third-order valence-corrected chi connectivity index (χ3v) is 3.23. The van der Waals surface area contributed by atoms with Crippen LogP contribution in [0.2, 0.25) is 0 Å². The van der Waals surface area contributed by atoms with Gasteiger partial charge in [-0.25, -0.2) is 0 Å². The molecule has 96 valence electrons. The second-order valence-corrected chi connectivity index (χ2v) is 4.74. The van der Waals surface area contributed by atoms with Crippen LogP contribution in [0.1, 0.15) is 0 Å². The topological polar surface area (TPSA) is 136 Å². The first kappa shape index (κ1) is 14.0. The second kappa shape index (κ2) is 4.69. The molecule has 0 saturated carbocycles. The Morgan fingerprint density at radius 1 is 1.11 bits per heavy atom. The van der Waals surface area contributed by atoms with Crippen LogP contribution in [0.4, 0.5) is 5.69 Å².